The second-order valence-corrected chi connectivity index (χ2v) is 9.75. The highest BCUT2D eigenvalue weighted by Crippen LogP contribution is 2.15. The monoisotopic (exact) mass is 412 g/mol. The van der Waals surface area contributed by atoms with Gasteiger partial charge in [-0.25, -0.2) is 9.13 Å². The molecule has 0 radical (unpaired) electrons. The van der Waals surface area contributed by atoms with Gasteiger partial charge in [-0.3, -0.25) is 9.59 Å². The van der Waals surface area contributed by atoms with E-state index < -0.39 is 0 Å². The summed E-state index contributed by atoms with van der Waals surface area (Å²) in [5, 5.41) is 5.96. The third kappa shape index (κ3) is 8.72. The van der Waals surface area contributed by atoms with Crippen LogP contribution in [-0.2, 0) is 22.7 Å². The molecule has 0 aromatic carbocycles. The summed E-state index contributed by atoms with van der Waals surface area (Å²) >= 11 is 0. The van der Waals surface area contributed by atoms with Crippen LogP contribution in [0.4, 0.5) is 0 Å². The molecule has 0 atom stereocenters. The van der Waals surface area contributed by atoms with Crippen LogP contribution in [0.5, 0.6) is 0 Å². The number of rotatable bonds is 7. The van der Waals surface area contributed by atoms with E-state index in [1.807, 2.05) is 75.5 Å². The molecule has 2 aromatic heterocycles. The molecule has 2 N–H and O–H groups in total. The highest BCUT2D eigenvalue weighted by molar-refractivity contribution is 5.76. The van der Waals surface area contributed by atoms with Gasteiger partial charge in [0.05, 0.1) is 12.8 Å². The lowest BCUT2D eigenvalue weighted by atomic mass is 10.1. The van der Waals surface area contributed by atoms with Crippen molar-refractivity contribution < 1.29 is 18.7 Å². The van der Waals surface area contributed by atoms with Gasteiger partial charge in [-0.15, -0.1) is 0 Å². The van der Waals surface area contributed by atoms with Gasteiger partial charge in [0.15, 0.2) is 37.9 Å². The maximum Gasteiger partial charge on any atom is 0.226 e. The lowest BCUT2D eigenvalue weighted by molar-refractivity contribution is -0.696. The van der Waals surface area contributed by atoms with Gasteiger partial charge in [0.25, 0.3) is 0 Å². The van der Waals surface area contributed by atoms with E-state index in [2.05, 4.69) is 34.9 Å². The summed E-state index contributed by atoms with van der Waals surface area (Å²) in [6.07, 6.45) is 8.90. The number of aryl methyl sites for hydroxylation is 2. The summed E-state index contributed by atoms with van der Waals surface area (Å²) < 4.78 is 4.03. The normalized spacial score (nSPS) is 11.8. The largest absolute Gasteiger partial charge is 0.351 e. The first-order valence-corrected chi connectivity index (χ1v) is 10.5. The smallest absolute Gasteiger partial charge is 0.226 e. The Hall–Kier alpha value is -2.76. The van der Waals surface area contributed by atoms with Gasteiger partial charge in [0, 0.05) is 35.3 Å². The van der Waals surface area contributed by atoms with Crippen LogP contribution in [0.3, 0.4) is 0 Å². The van der Waals surface area contributed by atoms with Crippen molar-refractivity contribution in [3.8, 4) is 11.1 Å². The van der Waals surface area contributed by atoms with E-state index in [0.29, 0.717) is 25.9 Å². The summed E-state index contributed by atoms with van der Waals surface area (Å²) in [7, 11) is 0. The fourth-order valence-corrected chi connectivity index (χ4v) is 3.02. The summed E-state index contributed by atoms with van der Waals surface area (Å²) in [6, 6.07) is 8.21. The molecule has 0 aliphatic heterocycles. The molecule has 6 heteroatoms. The quantitative estimate of drug-likeness (QED) is 0.687. The van der Waals surface area contributed by atoms with Crippen LogP contribution in [0.1, 0.15) is 54.4 Å². The Kier molecular flexibility index (Phi) is 7.71. The summed E-state index contributed by atoms with van der Waals surface area (Å²) in [6.45, 7) is 13.2. The SMILES string of the molecule is CC(C)(C)NC(=O)CC[n+]1ccc(-c2cc[n+](CCC(=O)NC(C)(C)C)cc2)cc1. The summed E-state index contributed by atoms with van der Waals surface area (Å²) in [5.41, 5.74) is 1.82. The minimum Gasteiger partial charge on any atom is -0.351 e. The third-order valence-electron chi connectivity index (χ3n) is 4.34. The van der Waals surface area contributed by atoms with Crippen LogP contribution >= 0.6 is 0 Å². The van der Waals surface area contributed by atoms with Gasteiger partial charge in [-0.2, -0.15) is 0 Å². The molecule has 0 saturated carbocycles. The number of aromatic nitrogens is 2. The number of pyridine rings is 2. The van der Waals surface area contributed by atoms with Gasteiger partial charge >= 0.3 is 0 Å². The summed E-state index contributed by atoms with van der Waals surface area (Å²) in [5.74, 6) is 0.116. The van der Waals surface area contributed by atoms with Crippen LogP contribution in [0.15, 0.2) is 49.1 Å². The average molecular weight is 413 g/mol. The molecule has 0 bridgehead atoms. The first-order chi connectivity index (χ1) is 13.9. The molecule has 0 saturated heterocycles. The molecule has 0 aliphatic carbocycles. The van der Waals surface area contributed by atoms with Crippen molar-refractivity contribution >= 4 is 11.8 Å². The van der Waals surface area contributed by atoms with Gasteiger partial charge in [-0.05, 0) is 52.7 Å². The first kappa shape index (κ1) is 23.5. The fraction of sp³-hybridized carbons (Fsp3) is 0.500. The Morgan fingerprint density at radius 1 is 0.667 bits per heavy atom. The standard InChI is InChI=1S/C24H34N4O2/c1-23(2,3)25-21(29)11-17-27-13-7-19(8-14-27)20-9-15-28(16-10-20)18-12-22(30)26-24(4,5)6/h7-10,13-16H,11-12,17-18H2,1-6H3/p+2. The Morgan fingerprint density at radius 3 is 1.23 bits per heavy atom. The van der Waals surface area contributed by atoms with E-state index >= 15 is 0 Å². The molecule has 2 heterocycles. The number of amides is 2. The Labute approximate surface area is 180 Å². The van der Waals surface area contributed by atoms with Crippen molar-refractivity contribution in [2.45, 2.75) is 78.6 Å². The third-order valence-corrected chi connectivity index (χ3v) is 4.34. The topological polar surface area (TPSA) is 66.0 Å². The number of hydrogen-bond acceptors (Lipinski definition) is 2. The lowest BCUT2D eigenvalue weighted by Crippen LogP contribution is -2.43. The van der Waals surface area contributed by atoms with Gasteiger partial charge in [-0.1, -0.05) is 0 Å². The molecule has 2 rings (SSSR count). The predicted molar refractivity (Wildman–Crippen MR) is 117 cm³/mol. The molecule has 6 nitrogen and oxygen atoms in total. The van der Waals surface area contributed by atoms with Crippen molar-refractivity contribution in [2.24, 2.45) is 0 Å². The van der Waals surface area contributed by atoms with Crippen molar-refractivity contribution in [2.75, 3.05) is 0 Å². The highest BCUT2D eigenvalue weighted by atomic mass is 16.2. The van der Waals surface area contributed by atoms with E-state index in [-0.39, 0.29) is 22.9 Å². The zero-order valence-electron chi connectivity index (χ0n) is 19.2. The van der Waals surface area contributed by atoms with Crippen LogP contribution in [-0.4, -0.2) is 22.9 Å². The number of carbonyl (C=O) groups is 2. The molecule has 0 fully saturated rings. The van der Waals surface area contributed by atoms with Crippen molar-refractivity contribution in [3.05, 3.63) is 49.1 Å². The minimum atomic E-state index is -0.202. The van der Waals surface area contributed by atoms with Crippen molar-refractivity contribution in [1.82, 2.24) is 10.6 Å². The van der Waals surface area contributed by atoms with Crippen molar-refractivity contribution in [1.29, 1.82) is 0 Å². The molecular formula is C24H36N4O2+2. The second-order valence-electron chi connectivity index (χ2n) is 9.75. The van der Waals surface area contributed by atoms with Gasteiger partial charge in [0.1, 0.15) is 0 Å². The molecule has 162 valence electrons. The molecule has 0 aliphatic rings. The number of carbonyl (C=O) groups excluding carboxylic acids is 2. The maximum atomic E-state index is 12.0. The van der Waals surface area contributed by atoms with Crippen LogP contribution in [0, 0.1) is 0 Å². The second kappa shape index (κ2) is 9.83. The van der Waals surface area contributed by atoms with E-state index in [0.717, 1.165) is 11.1 Å². The number of nitrogens with zero attached hydrogens (tertiary/aromatic N) is 2. The van der Waals surface area contributed by atoms with E-state index in [4.69, 9.17) is 0 Å². The molecule has 0 unspecified atom stereocenters. The lowest BCUT2D eigenvalue weighted by Gasteiger charge is -2.19. The number of nitrogens with one attached hydrogen (secondary N) is 2. The van der Waals surface area contributed by atoms with Crippen LogP contribution in [0.25, 0.3) is 11.1 Å². The van der Waals surface area contributed by atoms with E-state index in [1.54, 1.807) is 0 Å². The fourth-order valence-electron chi connectivity index (χ4n) is 3.02. The number of hydrogen-bond donors (Lipinski definition) is 2. The van der Waals surface area contributed by atoms with E-state index in [9.17, 15) is 9.59 Å². The average Bonchev–Trinajstić information content (AvgIpc) is 2.63. The Morgan fingerprint density at radius 2 is 0.967 bits per heavy atom. The van der Waals surface area contributed by atoms with E-state index in [1.165, 1.54) is 0 Å². The summed E-state index contributed by atoms with van der Waals surface area (Å²) in [4.78, 5) is 23.9. The predicted octanol–water partition coefficient (Wildman–Crippen LogP) is 2.54. The molecule has 30 heavy (non-hydrogen) atoms. The maximum absolute atomic E-state index is 12.0. The van der Waals surface area contributed by atoms with Gasteiger partial charge < -0.3 is 10.6 Å². The van der Waals surface area contributed by atoms with Crippen LogP contribution < -0.4 is 19.8 Å². The first-order valence-electron chi connectivity index (χ1n) is 10.5. The van der Waals surface area contributed by atoms with Crippen molar-refractivity contribution in [3.63, 3.8) is 0 Å². The zero-order valence-corrected chi connectivity index (χ0v) is 19.2. The van der Waals surface area contributed by atoms with Gasteiger partial charge in [0.2, 0.25) is 11.8 Å². The Bertz CT molecular complexity index is 771. The minimum absolute atomic E-state index is 0.0582. The highest BCUT2D eigenvalue weighted by Gasteiger charge is 2.16. The Balaban J connectivity index is 1.88. The molecule has 0 spiro atoms. The van der Waals surface area contributed by atoms with Crippen LogP contribution in [0.2, 0.25) is 0 Å². The zero-order chi connectivity index (χ0) is 22.4. The molecular weight excluding hydrogens is 376 g/mol. The molecule has 2 aromatic rings. The molecule has 2 amide bonds.